The fourth-order valence-electron chi connectivity index (χ4n) is 2.92. The molecule has 2 aromatic heterocycles. The van der Waals surface area contributed by atoms with Gasteiger partial charge in [-0.15, -0.1) is 0 Å². The second-order valence-corrected chi connectivity index (χ2v) is 6.82. The quantitative estimate of drug-likeness (QED) is 0.584. The molecule has 0 atom stereocenters. The van der Waals surface area contributed by atoms with Gasteiger partial charge in [0.15, 0.2) is 5.82 Å². The van der Waals surface area contributed by atoms with Crippen LogP contribution in [0.2, 0.25) is 0 Å². The highest BCUT2D eigenvalue weighted by molar-refractivity contribution is 5.95. The van der Waals surface area contributed by atoms with Gasteiger partial charge in [0.25, 0.3) is 5.91 Å². The Hall–Kier alpha value is -3.36. The van der Waals surface area contributed by atoms with Crippen LogP contribution in [0.25, 0.3) is 5.82 Å². The van der Waals surface area contributed by atoms with E-state index in [2.05, 4.69) is 15.4 Å². The van der Waals surface area contributed by atoms with Crippen molar-refractivity contribution in [1.82, 2.24) is 20.1 Å². The minimum atomic E-state index is -4.39. The Bertz CT molecular complexity index is 984. The monoisotopic (exact) mass is 418 g/mol. The number of halogens is 3. The number of benzene rings is 1. The van der Waals surface area contributed by atoms with Crippen molar-refractivity contribution in [1.29, 1.82) is 0 Å². The number of aromatic nitrogens is 3. The summed E-state index contributed by atoms with van der Waals surface area (Å²) < 4.78 is 44.8. The Morgan fingerprint density at radius 2 is 1.90 bits per heavy atom. The van der Waals surface area contributed by atoms with Gasteiger partial charge in [-0.3, -0.25) is 4.79 Å². The van der Waals surface area contributed by atoms with E-state index in [-0.39, 0.29) is 25.0 Å². The van der Waals surface area contributed by atoms with Crippen molar-refractivity contribution in [2.24, 2.45) is 0 Å². The van der Waals surface area contributed by atoms with E-state index in [0.29, 0.717) is 17.1 Å². The van der Waals surface area contributed by atoms with Gasteiger partial charge in [0.05, 0.1) is 29.6 Å². The van der Waals surface area contributed by atoms with Gasteiger partial charge in [0.1, 0.15) is 12.4 Å². The molecule has 3 rings (SSSR count). The number of nitrogens with zero attached hydrogens (tertiary/aromatic N) is 3. The third kappa shape index (κ3) is 4.97. The molecule has 2 heterocycles. The van der Waals surface area contributed by atoms with E-state index in [4.69, 9.17) is 4.74 Å². The maximum absolute atomic E-state index is 12.6. The fraction of sp³-hybridized carbons (Fsp3) is 0.286. The molecule has 0 saturated heterocycles. The van der Waals surface area contributed by atoms with Crippen molar-refractivity contribution in [3.8, 4) is 11.6 Å². The number of carbonyl (C=O) groups is 1. The van der Waals surface area contributed by atoms with E-state index in [0.717, 1.165) is 17.8 Å². The predicted molar refractivity (Wildman–Crippen MR) is 105 cm³/mol. The number of pyridine rings is 1. The van der Waals surface area contributed by atoms with Crippen LogP contribution < -0.4 is 10.1 Å². The van der Waals surface area contributed by atoms with Crippen molar-refractivity contribution in [2.45, 2.75) is 25.9 Å². The van der Waals surface area contributed by atoms with Crippen LogP contribution in [-0.4, -0.2) is 33.8 Å². The number of hydrogen-bond donors (Lipinski definition) is 1. The van der Waals surface area contributed by atoms with Crippen molar-refractivity contribution in [3.63, 3.8) is 0 Å². The zero-order chi connectivity index (χ0) is 21.7. The Labute approximate surface area is 171 Å². The highest BCUT2D eigenvalue weighted by Crippen LogP contribution is 2.30. The molecule has 3 aromatic rings. The van der Waals surface area contributed by atoms with Crippen molar-refractivity contribution >= 4 is 5.91 Å². The number of nitrogens with one attached hydrogen (secondary N) is 1. The van der Waals surface area contributed by atoms with E-state index >= 15 is 0 Å². The van der Waals surface area contributed by atoms with Gasteiger partial charge < -0.3 is 10.1 Å². The Morgan fingerprint density at radius 3 is 2.50 bits per heavy atom. The highest BCUT2D eigenvalue weighted by atomic mass is 19.4. The number of carbonyl (C=O) groups excluding carboxylic acids is 1. The summed E-state index contributed by atoms with van der Waals surface area (Å²) in [5.74, 6) is 0.629. The standard InChI is InChI=1S/C21H21F3N4O2/c1-14(2)19-17(13-27-28(19)18-5-3-4-10-25-18)20(29)26-11-12-30-16-8-6-15(7-9-16)21(22,23)24/h3-10,13-14H,11-12H2,1-2H3,(H,26,29). The molecule has 0 aliphatic rings. The maximum atomic E-state index is 12.6. The van der Waals surface area contributed by atoms with E-state index in [9.17, 15) is 18.0 Å². The molecule has 1 aromatic carbocycles. The van der Waals surface area contributed by atoms with Gasteiger partial charge in [-0.1, -0.05) is 19.9 Å². The summed E-state index contributed by atoms with van der Waals surface area (Å²) >= 11 is 0. The van der Waals surface area contributed by atoms with Gasteiger partial charge in [0, 0.05) is 6.20 Å². The van der Waals surface area contributed by atoms with E-state index in [1.54, 1.807) is 23.0 Å². The first-order chi connectivity index (χ1) is 14.3. The summed E-state index contributed by atoms with van der Waals surface area (Å²) in [6.45, 7) is 4.22. The van der Waals surface area contributed by atoms with Crippen LogP contribution in [0.3, 0.4) is 0 Å². The van der Waals surface area contributed by atoms with Crippen LogP contribution in [0.5, 0.6) is 5.75 Å². The number of hydrogen-bond acceptors (Lipinski definition) is 4. The normalized spacial score (nSPS) is 11.5. The zero-order valence-electron chi connectivity index (χ0n) is 16.5. The topological polar surface area (TPSA) is 69.0 Å². The fourth-order valence-corrected chi connectivity index (χ4v) is 2.92. The first-order valence-corrected chi connectivity index (χ1v) is 9.35. The van der Waals surface area contributed by atoms with E-state index < -0.39 is 11.7 Å². The molecule has 0 bridgehead atoms. The number of ether oxygens (including phenoxy) is 1. The summed E-state index contributed by atoms with van der Waals surface area (Å²) in [5, 5.41) is 7.05. The molecule has 30 heavy (non-hydrogen) atoms. The van der Waals surface area contributed by atoms with Crippen LogP contribution >= 0.6 is 0 Å². The van der Waals surface area contributed by atoms with Gasteiger partial charge in [-0.05, 0) is 42.3 Å². The zero-order valence-corrected chi connectivity index (χ0v) is 16.5. The second-order valence-electron chi connectivity index (χ2n) is 6.82. The lowest BCUT2D eigenvalue weighted by Crippen LogP contribution is -2.29. The minimum Gasteiger partial charge on any atom is -0.492 e. The molecule has 1 N–H and O–H groups in total. The van der Waals surface area contributed by atoms with Crippen molar-refractivity contribution < 1.29 is 22.7 Å². The highest BCUT2D eigenvalue weighted by Gasteiger charge is 2.30. The van der Waals surface area contributed by atoms with Crippen LogP contribution in [0.4, 0.5) is 13.2 Å². The summed E-state index contributed by atoms with van der Waals surface area (Å²) in [5.41, 5.74) is 0.425. The molecule has 0 aliphatic heterocycles. The van der Waals surface area contributed by atoms with Crippen LogP contribution in [-0.2, 0) is 6.18 Å². The summed E-state index contributed by atoms with van der Waals surface area (Å²) in [6, 6.07) is 9.84. The second kappa shape index (κ2) is 8.98. The lowest BCUT2D eigenvalue weighted by Gasteiger charge is -2.13. The molecule has 158 valence electrons. The SMILES string of the molecule is CC(C)c1c(C(=O)NCCOc2ccc(C(F)(F)F)cc2)cnn1-c1ccccn1. The summed E-state index contributed by atoms with van der Waals surface area (Å²) in [7, 11) is 0. The average Bonchev–Trinajstić information content (AvgIpc) is 3.17. The summed E-state index contributed by atoms with van der Waals surface area (Å²) in [4.78, 5) is 16.9. The predicted octanol–water partition coefficient (Wildman–Crippen LogP) is 4.22. The molecule has 0 fully saturated rings. The van der Waals surface area contributed by atoms with Crippen LogP contribution in [0.1, 0.15) is 41.4 Å². The molecule has 1 amide bonds. The molecule has 0 saturated carbocycles. The van der Waals surface area contributed by atoms with Crippen LogP contribution in [0, 0.1) is 0 Å². The van der Waals surface area contributed by atoms with Crippen molar-refractivity contribution in [2.75, 3.05) is 13.2 Å². The van der Waals surface area contributed by atoms with Crippen molar-refractivity contribution in [3.05, 3.63) is 71.7 Å². The molecule has 0 spiro atoms. The Balaban J connectivity index is 1.60. The first kappa shape index (κ1) is 21.4. The molecular formula is C21H21F3N4O2. The maximum Gasteiger partial charge on any atom is 0.416 e. The molecular weight excluding hydrogens is 397 g/mol. The van der Waals surface area contributed by atoms with Gasteiger partial charge in [-0.25, -0.2) is 9.67 Å². The largest absolute Gasteiger partial charge is 0.492 e. The lowest BCUT2D eigenvalue weighted by atomic mass is 10.1. The molecule has 6 nitrogen and oxygen atoms in total. The lowest BCUT2D eigenvalue weighted by molar-refractivity contribution is -0.137. The van der Waals surface area contributed by atoms with Crippen LogP contribution in [0.15, 0.2) is 54.9 Å². The first-order valence-electron chi connectivity index (χ1n) is 9.35. The number of amides is 1. The summed E-state index contributed by atoms with van der Waals surface area (Å²) in [6.07, 6.45) is -1.24. The van der Waals surface area contributed by atoms with Gasteiger partial charge in [0.2, 0.25) is 0 Å². The van der Waals surface area contributed by atoms with E-state index in [1.165, 1.54) is 18.3 Å². The molecule has 0 unspecified atom stereocenters. The molecule has 0 aliphatic carbocycles. The molecule has 0 radical (unpaired) electrons. The Kier molecular flexibility index (Phi) is 6.39. The third-order valence-electron chi connectivity index (χ3n) is 4.30. The Morgan fingerprint density at radius 1 is 1.17 bits per heavy atom. The molecule has 9 heteroatoms. The minimum absolute atomic E-state index is 0.0265. The van der Waals surface area contributed by atoms with E-state index in [1.807, 2.05) is 19.9 Å². The number of alkyl halides is 3. The average molecular weight is 418 g/mol. The van der Waals surface area contributed by atoms with Gasteiger partial charge in [-0.2, -0.15) is 18.3 Å². The third-order valence-corrected chi connectivity index (χ3v) is 4.30. The number of rotatable bonds is 7. The smallest absolute Gasteiger partial charge is 0.416 e. The van der Waals surface area contributed by atoms with Gasteiger partial charge >= 0.3 is 6.18 Å².